The molecular formula is C6H9Cl7O10. The van der Waals surface area contributed by atoms with Crippen molar-refractivity contribution < 1.29 is 48.5 Å². The molecule has 23 heavy (non-hydrogen) atoms. The summed E-state index contributed by atoms with van der Waals surface area (Å²) in [7, 11) is 0. The van der Waals surface area contributed by atoms with Gasteiger partial charge in [-0.25, -0.2) is 28.8 Å². The second-order valence-electron chi connectivity index (χ2n) is 1.96. The minimum absolute atomic E-state index is 0. The first kappa shape index (κ1) is 49.5. The van der Waals surface area contributed by atoms with E-state index in [1.165, 1.54) is 0 Å². The van der Waals surface area contributed by atoms with Crippen LogP contribution < -0.4 is 0 Å². The van der Waals surface area contributed by atoms with Crippen LogP contribution in [0.1, 0.15) is 0 Å². The molecule has 0 rings (SSSR count). The maximum absolute atomic E-state index is 10.5. The number of ether oxygens (including phenoxy) is 2. The monoisotopic (exact) mass is 486 g/mol. The van der Waals surface area contributed by atoms with Crippen molar-refractivity contribution in [3.63, 3.8) is 0 Å². The molecule has 0 heterocycles. The van der Waals surface area contributed by atoms with Crippen LogP contribution in [-0.2, 0) is 38.2 Å². The number of hydrogen-bond acceptors (Lipinski definition) is 8. The molecule has 0 atom stereocenters. The van der Waals surface area contributed by atoms with Crippen molar-refractivity contribution in [2.24, 2.45) is 0 Å². The van der Waals surface area contributed by atoms with Crippen molar-refractivity contribution in [3.8, 4) is 0 Å². The van der Waals surface area contributed by atoms with Crippen molar-refractivity contribution in [2.75, 3.05) is 0 Å². The Morgan fingerprint density at radius 1 is 0.435 bits per heavy atom. The normalized spacial score (nSPS) is 6.09. The summed E-state index contributed by atoms with van der Waals surface area (Å²) in [6.07, 6.45) is 0. The molecule has 0 bridgehead atoms. The lowest BCUT2D eigenvalue weighted by Crippen LogP contribution is -2.30. The molecule has 0 aliphatic carbocycles. The fraction of sp³-hybridized carbons (Fsp3) is 0. The third-order valence-corrected chi connectivity index (χ3v) is 0.887. The van der Waals surface area contributed by atoms with E-state index in [1.807, 2.05) is 0 Å². The molecule has 0 aromatic carbocycles. The average molecular weight is 489 g/mol. The smallest absolute Gasteiger partial charge is 0.426 e. The fourth-order valence-corrected chi connectivity index (χ4v) is 0.339. The van der Waals surface area contributed by atoms with Gasteiger partial charge in [0.05, 0.1) is 0 Å². The molecule has 0 aliphatic rings. The van der Waals surface area contributed by atoms with Gasteiger partial charge in [-0.15, -0.1) is 86.8 Å². The number of carbonyl (C=O) groups excluding carboxylic acids is 4. The van der Waals surface area contributed by atoms with E-state index < -0.39 is 35.8 Å². The highest BCUT2D eigenvalue weighted by molar-refractivity contribution is 6.41. The van der Waals surface area contributed by atoms with Crippen molar-refractivity contribution in [1.29, 1.82) is 0 Å². The molecule has 0 saturated carbocycles. The van der Waals surface area contributed by atoms with Crippen LogP contribution in [0.25, 0.3) is 0 Å². The number of rotatable bonds is 0. The molecule has 0 spiro atoms. The Hall–Kier alpha value is -0.750. The molecule has 17 heteroatoms. The number of carboxylic acid groups (broad SMARTS) is 2. The Balaban J connectivity index is -0.0000000536. The van der Waals surface area contributed by atoms with Gasteiger partial charge in [0.15, 0.2) is 0 Å². The van der Waals surface area contributed by atoms with Gasteiger partial charge in [0.1, 0.15) is 0 Å². The minimum atomic E-state index is -2.16. The zero-order valence-electron chi connectivity index (χ0n) is 10.0. The number of aliphatic carboxylic acids is 2. The Morgan fingerprint density at radius 2 is 0.609 bits per heavy atom. The average Bonchev–Trinajstić information content (AvgIpc) is 2.16. The van der Waals surface area contributed by atoms with Crippen LogP contribution in [-0.4, -0.2) is 46.0 Å². The first-order valence-corrected chi connectivity index (χ1v) is 3.24. The van der Waals surface area contributed by atoms with Crippen LogP contribution in [0.15, 0.2) is 0 Å². The summed E-state index contributed by atoms with van der Waals surface area (Å²) in [4.78, 5) is 61.1. The maximum Gasteiger partial charge on any atom is 0.426 e. The van der Waals surface area contributed by atoms with E-state index in [0.717, 1.165) is 0 Å². The summed E-state index contributed by atoms with van der Waals surface area (Å²) in [5, 5.41) is 15.9. The lowest BCUT2D eigenvalue weighted by atomic mass is 10.6. The van der Waals surface area contributed by atoms with E-state index in [2.05, 4.69) is 9.47 Å². The summed E-state index contributed by atoms with van der Waals surface area (Å²) in [5.74, 6) is -12.7. The summed E-state index contributed by atoms with van der Waals surface area (Å²) in [5.41, 5.74) is 0. The Kier molecular flexibility index (Phi) is 50.6. The van der Waals surface area contributed by atoms with Crippen molar-refractivity contribution in [1.82, 2.24) is 0 Å². The van der Waals surface area contributed by atoms with E-state index in [1.54, 1.807) is 0 Å². The molecule has 0 aliphatic heterocycles. The van der Waals surface area contributed by atoms with Gasteiger partial charge in [-0.05, 0) is 0 Å². The van der Waals surface area contributed by atoms with E-state index in [9.17, 15) is 28.8 Å². The van der Waals surface area contributed by atoms with Gasteiger partial charge < -0.3 is 19.7 Å². The van der Waals surface area contributed by atoms with Gasteiger partial charge in [0, 0.05) is 0 Å². The van der Waals surface area contributed by atoms with E-state index in [-0.39, 0.29) is 86.8 Å². The van der Waals surface area contributed by atoms with E-state index in [4.69, 9.17) is 10.2 Å². The molecule has 0 saturated heterocycles. The fourth-order valence-electron chi connectivity index (χ4n) is 0.339. The van der Waals surface area contributed by atoms with Gasteiger partial charge in [-0.2, -0.15) is 0 Å². The van der Waals surface area contributed by atoms with Gasteiger partial charge in [-0.3, -0.25) is 0 Å². The first-order valence-electron chi connectivity index (χ1n) is 3.24. The third-order valence-electron chi connectivity index (χ3n) is 0.887. The molecule has 142 valence electrons. The Bertz CT molecular complexity index is 373. The highest BCUT2D eigenvalue weighted by Gasteiger charge is 2.29. The number of halogens is 7. The SMILES string of the molecule is Cl.Cl.Cl.Cl.Cl.Cl.Cl.O=C(O)C(=O)OC(=O)C(=O)OC(=O)C(=O)O. The Labute approximate surface area is 170 Å². The zero-order chi connectivity index (χ0) is 12.9. The first-order chi connectivity index (χ1) is 7.25. The van der Waals surface area contributed by atoms with Crippen LogP contribution in [0, 0.1) is 0 Å². The highest BCUT2D eigenvalue weighted by atomic mass is 35.5. The minimum Gasteiger partial charge on any atom is -0.473 e. The molecule has 0 aromatic rings. The van der Waals surface area contributed by atoms with Crippen molar-refractivity contribution >= 4 is 123 Å². The zero-order valence-corrected chi connectivity index (χ0v) is 15.7. The van der Waals surface area contributed by atoms with Crippen molar-refractivity contribution in [2.45, 2.75) is 0 Å². The molecule has 0 aromatic heterocycles. The molecule has 0 amide bonds. The molecule has 0 fully saturated rings. The molecule has 0 unspecified atom stereocenters. The van der Waals surface area contributed by atoms with Crippen LogP contribution >= 0.6 is 86.8 Å². The van der Waals surface area contributed by atoms with Crippen LogP contribution in [0.5, 0.6) is 0 Å². The van der Waals surface area contributed by atoms with Gasteiger partial charge in [0.25, 0.3) is 0 Å². The number of esters is 4. The highest BCUT2D eigenvalue weighted by Crippen LogP contribution is 1.88. The summed E-state index contributed by atoms with van der Waals surface area (Å²) >= 11 is 0. The predicted molar refractivity (Wildman–Crippen MR) is 88.2 cm³/mol. The Morgan fingerprint density at radius 3 is 0.739 bits per heavy atom. The van der Waals surface area contributed by atoms with Crippen LogP contribution in [0.3, 0.4) is 0 Å². The molecule has 10 nitrogen and oxygen atoms in total. The maximum atomic E-state index is 10.5. The lowest BCUT2D eigenvalue weighted by molar-refractivity contribution is -0.182. The van der Waals surface area contributed by atoms with Crippen LogP contribution in [0.2, 0.25) is 0 Å². The number of hydrogen-bond donors (Lipinski definition) is 2. The van der Waals surface area contributed by atoms with Crippen molar-refractivity contribution in [3.05, 3.63) is 0 Å². The summed E-state index contributed by atoms with van der Waals surface area (Å²) < 4.78 is 6.71. The topological polar surface area (TPSA) is 161 Å². The second kappa shape index (κ2) is 23.5. The third kappa shape index (κ3) is 21.2. The van der Waals surface area contributed by atoms with Gasteiger partial charge in [-0.1, -0.05) is 0 Å². The largest absolute Gasteiger partial charge is 0.473 e. The molecular weight excluding hydrogens is 480 g/mol. The summed E-state index contributed by atoms with van der Waals surface area (Å²) in [6, 6.07) is 0. The quantitative estimate of drug-likeness (QED) is 0.274. The molecule has 2 N–H and O–H groups in total. The van der Waals surface area contributed by atoms with Gasteiger partial charge in [0.2, 0.25) is 0 Å². The van der Waals surface area contributed by atoms with E-state index >= 15 is 0 Å². The number of carboxylic acids is 2. The molecule has 0 radical (unpaired) electrons. The number of carbonyl (C=O) groups is 6. The lowest BCUT2D eigenvalue weighted by Gasteiger charge is -1.98. The second-order valence-corrected chi connectivity index (χ2v) is 1.96. The van der Waals surface area contributed by atoms with Gasteiger partial charge >= 0.3 is 35.8 Å². The van der Waals surface area contributed by atoms with E-state index in [0.29, 0.717) is 0 Å². The predicted octanol–water partition coefficient (Wildman–Crippen LogP) is 0.248. The van der Waals surface area contributed by atoms with Crippen LogP contribution in [0.4, 0.5) is 0 Å². The standard InChI is InChI=1S/C6H2O10.7ClH/c7-1(8)3(11)15-5(13)6(14)16-4(12)2(9)10;;;;;;;/h(H,7,8)(H,9,10);7*1H. The summed E-state index contributed by atoms with van der Waals surface area (Å²) in [6.45, 7) is 0.